The highest BCUT2D eigenvalue weighted by Gasteiger charge is 2.17. The largest absolute Gasteiger partial charge is 0.342 e. The molecule has 0 atom stereocenters. The maximum atomic E-state index is 13.2. The summed E-state index contributed by atoms with van der Waals surface area (Å²) in [5.74, 6) is -1.25. The van der Waals surface area contributed by atoms with Crippen molar-refractivity contribution >= 4 is 16.7 Å². The zero-order valence-corrected chi connectivity index (χ0v) is 15.7. The van der Waals surface area contributed by atoms with Crippen LogP contribution >= 0.6 is 0 Å². The normalized spacial score (nSPS) is 11.0. The van der Waals surface area contributed by atoms with Gasteiger partial charge in [0.25, 0.3) is 0 Å². The average Bonchev–Trinajstić information content (AvgIpc) is 2.72. The van der Waals surface area contributed by atoms with E-state index in [1.54, 1.807) is 22.8 Å². The maximum absolute atomic E-state index is 13.2. The van der Waals surface area contributed by atoms with E-state index in [-0.39, 0.29) is 22.4 Å². The molecule has 0 spiro atoms. The van der Waals surface area contributed by atoms with Crippen molar-refractivity contribution in [1.29, 1.82) is 0 Å². The molecule has 0 aliphatic rings. The van der Waals surface area contributed by atoms with E-state index in [0.717, 1.165) is 11.1 Å². The summed E-state index contributed by atoms with van der Waals surface area (Å²) in [7, 11) is 0. The van der Waals surface area contributed by atoms with Gasteiger partial charge in [0.2, 0.25) is 5.43 Å². The number of carbonyl (C=O) groups excluding carboxylic acids is 1. The average molecular weight is 389 g/mol. The van der Waals surface area contributed by atoms with Gasteiger partial charge in [0.05, 0.1) is 11.1 Å². The van der Waals surface area contributed by atoms with Crippen LogP contribution in [0.15, 0.2) is 77.7 Å². The van der Waals surface area contributed by atoms with Crippen LogP contribution in [-0.4, -0.2) is 10.4 Å². The molecule has 0 fully saturated rings. The lowest BCUT2D eigenvalue weighted by molar-refractivity contribution is 0.103. The molecule has 29 heavy (non-hydrogen) atoms. The molecule has 3 aromatic carbocycles. The second kappa shape index (κ2) is 7.43. The molecule has 0 saturated heterocycles. The van der Waals surface area contributed by atoms with Crippen molar-refractivity contribution in [2.24, 2.45) is 0 Å². The van der Waals surface area contributed by atoms with Crippen LogP contribution in [0.4, 0.5) is 8.78 Å². The number of hydrogen-bond acceptors (Lipinski definition) is 2. The van der Waals surface area contributed by atoms with Crippen molar-refractivity contribution in [3.8, 4) is 0 Å². The fourth-order valence-corrected chi connectivity index (χ4v) is 3.35. The highest BCUT2D eigenvalue weighted by atomic mass is 19.1. The second-order valence-corrected chi connectivity index (χ2v) is 6.98. The molecule has 0 radical (unpaired) electrons. The molecule has 1 heterocycles. The van der Waals surface area contributed by atoms with Crippen LogP contribution in [0, 0.1) is 18.6 Å². The SMILES string of the molecule is Cc1ccc2c(c1)c(=O)c(C(=O)c1ccc(F)cc1)cn2Cc1ccc(F)cc1. The lowest BCUT2D eigenvalue weighted by Gasteiger charge is -2.14. The summed E-state index contributed by atoms with van der Waals surface area (Å²) < 4.78 is 28.3. The molecule has 4 rings (SSSR count). The highest BCUT2D eigenvalue weighted by Crippen LogP contribution is 2.18. The predicted octanol–water partition coefficient (Wildman–Crippen LogP) is 4.87. The van der Waals surface area contributed by atoms with Gasteiger partial charge in [-0.2, -0.15) is 0 Å². The summed E-state index contributed by atoms with van der Waals surface area (Å²) >= 11 is 0. The topological polar surface area (TPSA) is 39.1 Å². The van der Waals surface area contributed by atoms with E-state index in [1.807, 2.05) is 19.1 Å². The number of aromatic nitrogens is 1. The third-order valence-corrected chi connectivity index (χ3v) is 4.85. The zero-order valence-electron chi connectivity index (χ0n) is 15.7. The number of rotatable bonds is 4. The first-order chi connectivity index (χ1) is 13.9. The lowest BCUT2D eigenvalue weighted by atomic mass is 10.0. The van der Waals surface area contributed by atoms with Crippen molar-refractivity contribution < 1.29 is 13.6 Å². The van der Waals surface area contributed by atoms with Crippen LogP contribution in [-0.2, 0) is 6.54 Å². The Kier molecular flexibility index (Phi) is 4.80. The van der Waals surface area contributed by atoms with Crippen LogP contribution in [0.25, 0.3) is 10.9 Å². The number of fused-ring (bicyclic) bond motifs is 1. The molecule has 0 aliphatic heterocycles. The molecule has 3 nitrogen and oxygen atoms in total. The number of aryl methyl sites for hydroxylation is 1. The first kappa shape index (κ1) is 18.7. The number of nitrogens with zero attached hydrogens (tertiary/aromatic N) is 1. The smallest absolute Gasteiger partial charge is 0.200 e. The van der Waals surface area contributed by atoms with E-state index in [4.69, 9.17) is 0 Å². The summed E-state index contributed by atoms with van der Waals surface area (Å²) in [5, 5.41) is 0.431. The molecule has 4 aromatic rings. The van der Waals surface area contributed by atoms with Crippen molar-refractivity contribution in [2.75, 3.05) is 0 Å². The van der Waals surface area contributed by atoms with Crippen LogP contribution in [0.1, 0.15) is 27.0 Å². The minimum atomic E-state index is -0.466. The van der Waals surface area contributed by atoms with Gasteiger partial charge in [0.15, 0.2) is 5.78 Å². The second-order valence-electron chi connectivity index (χ2n) is 6.98. The highest BCUT2D eigenvalue weighted by molar-refractivity contribution is 6.10. The van der Waals surface area contributed by atoms with Crippen LogP contribution in [0.2, 0.25) is 0 Å². The molecule has 1 aromatic heterocycles. The van der Waals surface area contributed by atoms with Crippen molar-refractivity contribution in [2.45, 2.75) is 13.5 Å². The van der Waals surface area contributed by atoms with Crippen molar-refractivity contribution in [1.82, 2.24) is 4.57 Å². The number of carbonyl (C=O) groups is 1. The van der Waals surface area contributed by atoms with Gasteiger partial charge in [0.1, 0.15) is 11.6 Å². The molecule has 0 aliphatic carbocycles. The van der Waals surface area contributed by atoms with E-state index >= 15 is 0 Å². The molecule has 5 heteroatoms. The quantitative estimate of drug-likeness (QED) is 0.467. The zero-order chi connectivity index (χ0) is 20.5. The number of ketones is 1. The molecule has 0 N–H and O–H groups in total. The van der Waals surface area contributed by atoms with Gasteiger partial charge in [-0.15, -0.1) is 0 Å². The van der Waals surface area contributed by atoms with E-state index < -0.39 is 11.6 Å². The Labute approximate surface area is 165 Å². The molecule has 144 valence electrons. The molecule has 0 bridgehead atoms. The fraction of sp³-hybridized carbons (Fsp3) is 0.0833. The third-order valence-electron chi connectivity index (χ3n) is 4.85. The Hall–Kier alpha value is -3.60. The van der Waals surface area contributed by atoms with Gasteiger partial charge in [-0.05, 0) is 61.0 Å². The minimum Gasteiger partial charge on any atom is -0.342 e. The molecule has 0 amide bonds. The summed E-state index contributed by atoms with van der Waals surface area (Å²) in [5.41, 5.74) is 2.29. The lowest BCUT2D eigenvalue weighted by Crippen LogP contribution is -2.20. The predicted molar refractivity (Wildman–Crippen MR) is 108 cm³/mol. The van der Waals surface area contributed by atoms with Crippen LogP contribution in [0.3, 0.4) is 0 Å². The van der Waals surface area contributed by atoms with Crippen molar-refractivity contribution in [3.05, 3.63) is 117 Å². The standard InChI is InChI=1S/C24H17F2NO2/c1-15-2-11-22-20(12-15)24(29)21(23(28)17-5-9-19(26)10-6-17)14-27(22)13-16-3-7-18(25)8-4-16/h2-12,14H,13H2,1H3. The summed E-state index contributed by atoms with van der Waals surface area (Å²) in [6.45, 7) is 2.24. The van der Waals surface area contributed by atoms with Crippen molar-refractivity contribution in [3.63, 3.8) is 0 Å². The van der Waals surface area contributed by atoms with E-state index in [0.29, 0.717) is 17.4 Å². The maximum Gasteiger partial charge on any atom is 0.200 e. The minimum absolute atomic E-state index is 0.0109. The Morgan fingerprint density at radius 1 is 0.897 bits per heavy atom. The van der Waals surface area contributed by atoms with Crippen LogP contribution < -0.4 is 5.43 Å². The Morgan fingerprint density at radius 2 is 1.52 bits per heavy atom. The Morgan fingerprint density at radius 3 is 2.17 bits per heavy atom. The van der Waals surface area contributed by atoms with Gasteiger partial charge >= 0.3 is 0 Å². The Balaban J connectivity index is 1.89. The fourth-order valence-electron chi connectivity index (χ4n) is 3.35. The van der Waals surface area contributed by atoms with Gasteiger partial charge in [-0.3, -0.25) is 9.59 Å². The summed E-state index contributed by atoms with van der Waals surface area (Å²) in [6, 6.07) is 16.6. The number of benzene rings is 3. The molecule has 0 saturated carbocycles. The first-order valence-electron chi connectivity index (χ1n) is 9.11. The van der Waals surface area contributed by atoms with E-state index in [9.17, 15) is 18.4 Å². The van der Waals surface area contributed by atoms with E-state index in [2.05, 4.69) is 0 Å². The molecular weight excluding hydrogens is 372 g/mol. The number of pyridine rings is 1. The van der Waals surface area contributed by atoms with Gasteiger partial charge in [-0.25, -0.2) is 8.78 Å². The monoisotopic (exact) mass is 389 g/mol. The van der Waals surface area contributed by atoms with E-state index in [1.165, 1.54) is 42.6 Å². The summed E-state index contributed by atoms with van der Waals surface area (Å²) in [4.78, 5) is 26.0. The number of halogens is 2. The van der Waals surface area contributed by atoms with Gasteiger partial charge in [0, 0.05) is 23.7 Å². The Bertz CT molecular complexity index is 1270. The van der Waals surface area contributed by atoms with Gasteiger partial charge in [-0.1, -0.05) is 23.8 Å². The molecule has 0 unspecified atom stereocenters. The van der Waals surface area contributed by atoms with Crippen LogP contribution in [0.5, 0.6) is 0 Å². The first-order valence-corrected chi connectivity index (χ1v) is 9.11. The van der Waals surface area contributed by atoms with Gasteiger partial charge < -0.3 is 4.57 Å². The molecular formula is C24H17F2NO2. The number of hydrogen-bond donors (Lipinski definition) is 0. The third kappa shape index (κ3) is 3.72. The summed E-state index contributed by atoms with van der Waals surface area (Å²) in [6.07, 6.45) is 1.52.